The van der Waals surface area contributed by atoms with Crippen LogP contribution in [0.5, 0.6) is 0 Å². The summed E-state index contributed by atoms with van der Waals surface area (Å²) in [6.07, 6.45) is 8.02. The van der Waals surface area contributed by atoms with Crippen molar-refractivity contribution in [3.8, 4) is 0 Å². The van der Waals surface area contributed by atoms with Crippen LogP contribution in [-0.4, -0.2) is 35.6 Å². The Hall–Kier alpha value is -2.17. The molecule has 2 aromatic carbocycles. The molecule has 3 N–H and O–H groups in total. The van der Waals surface area contributed by atoms with Crippen LogP contribution in [0.15, 0.2) is 48.5 Å². The van der Waals surface area contributed by atoms with Crippen molar-refractivity contribution >= 4 is 5.97 Å². The van der Waals surface area contributed by atoms with Crippen molar-refractivity contribution in [3.63, 3.8) is 0 Å². The predicted molar refractivity (Wildman–Crippen MR) is 121 cm³/mol. The summed E-state index contributed by atoms with van der Waals surface area (Å²) in [4.78, 5) is 13.2. The van der Waals surface area contributed by atoms with Gasteiger partial charge in [-0.05, 0) is 105 Å². The Balaban J connectivity index is 0.000000156. The number of rotatable bonds is 6. The lowest BCUT2D eigenvalue weighted by atomic mass is 9.97. The molecule has 4 heteroatoms. The zero-order chi connectivity index (χ0) is 20.9. The molecule has 4 nitrogen and oxygen atoms in total. The molecule has 1 aliphatic heterocycles. The molecule has 2 aliphatic carbocycles. The van der Waals surface area contributed by atoms with Gasteiger partial charge in [-0.3, -0.25) is 4.90 Å². The van der Waals surface area contributed by atoms with Crippen LogP contribution >= 0.6 is 0 Å². The zero-order valence-electron chi connectivity index (χ0n) is 17.8. The highest BCUT2D eigenvalue weighted by Gasteiger charge is 2.26. The van der Waals surface area contributed by atoms with Gasteiger partial charge in [-0.25, -0.2) is 4.79 Å². The van der Waals surface area contributed by atoms with E-state index >= 15 is 0 Å². The predicted octanol–water partition coefficient (Wildman–Crippen LogP) is 5.00. The zero-order valence-corrected chi connectivity index (χ0v) is 17.8. The maximum absolute atomic E-state index is 10.7. The Kier molecular flexibility index (Phi) is 6.86. The molecule has 0 atom stereocenters. The molecule has 2 saturated carbocycles. The van der Waals surface area contributed by atoms with E-state index in [4.69, 9.17) is 10.8 Å². The number of carbonyl (C=O) groups is 1. The van der Waals surface area contributed by atoms with Gasteiger partial charge < -0.3 is 10.8 Å². The van der Waals surface area contributed by atoms with Crippen LogP contribution in [0, 0.1) is 5.92 Å². The number of carboxylic acids is 1. The Bertz CT molecular complexity index is 784. The highest BCUT2D eigenvalue weighted by atomic mass is 16.4. The number of hydrogen-bond donors (Lipinski definition) is 2. The van der Waals surface area contributed by atoms with Gasteiger partial charge in [-0.2, -0.15) is 0 Å². The minimum atomic E-state index is -0.870. The van der Waals surface area contributed by atoms with E-state index in [2.05, 4.69) is 29.2 Å². The van der Waals surface area contributed by atoms with Gasteiger partial charge >= 0.3 is 5.97 Å². The van der Waals surface area contributed by atoms with Crippen LogP contribution in [0.4, 0.5) is 0 Å². The smallest absolute Gasteiger partial charge is 0.335 e. The summed E-state index contributed by atoms with van der Waals surface area (Å²) in [7, 11) is 0. The standard InChI is InChI=1S/C14H20N2O2.C12H14/c15-9-11-5-7-16(8-6-11)10-12-1-3-13(4-2-12)14(17)18;1-2-10(12-7-8-12)4-3-9(1)11-5-6-11/h1-4,11H,5-10,15H2,(H,17,18);1-4,11-12H,5-8H2. The van der Waals surface area contributed by atoms with Crippen LogP contribution < -0.4 is 5.73 Å². The molecule has 5 rings (SSSR count). The van der Waals surface area contributed by atoms with Crippen molar-refractivity contribution in [2.24, 2.45) is 11.7 Å². The number of benzene rings is 2. The number of likely N-dealkylation sites (tertiary alicyclic amines) is 1. The van der Waals surface area contributed by atoms with Gasteiger partial charge in [0.15, 0.2) is 0 Å². The van der Waals surface area contributed by atoms with Crippen molar-refractivity contribution in [1.82, 2.24) is 4.90 Å². The SMILES string of the molecule is NCC1CCN(Cc2ccc(C(=O)O)cc2)CC1.c1cc(C2CC2)ccc1C1CC1. The lowest BCUT2D eigenvalue weighted by Crippen LogP contribution is -2.35. The highest BCUT2D eigenvalue weighted by Crippen LogP contribution is 2.43. The molecule has 3 aliphatic rings. The second kappa shape index (κ2) is 9.76. The normalized spacial score (nSPS) is 19.8. The van der Waals surface area contributed by atoms with Gasteiger partial charge in [0.1, 0.15) is 0 Å². The number of hydrogen-bond acceptors (Lipinski definition) is 3. The third-order valence-corrected chi connectivity index (χ3v) is 6.68. The Morgan fingerprint density at radius 2 is 1.33 bits per heavy atom. The van der Waals surface area contributed by atoms with E-state index < -0.39 is 5.97 Å². The molecule has 0 aromatic heterocycles. The van der Waals surface area contributed by atoms with Crippen molar-refractivity contribution in [2.45, 2.75) is 56.9 Å². The van der Waals surface area contributed by atoms with Crippen molar-refractivity contribution in [2.75, 3.05) is 19.6 Å². The fraction of sp³-hybridized carbons (Fsp3) is 0.500. The van der Waals surface area contributed by atoms with E-state index in [-0.39, 0.29) is 0 Å². The fourth-order valence-electron chi connectivity index (χ4n) is 4.26. The summed E-state index contributed by atoms with van der Waals surface area (Å²) in [5.41, 5.74) is 10.3. The van der Waals surface area contributed by atoms with E-state index in [0.29, 0.717) is 11.5 Å². The van der Waals surface area contributed by atoms with Crippen LogP contribution in [0.25, 0.3) is 0 Å². The second-order valence-electron chi connectivity index (χ2n) is 9.17. The quantitative estimate of drug-likeness (QED) is 0.709. The average molecular weight is 407 g/mol. The van der Waals surface area contributed by atoms with Gasteiger partial charge in [-0.15, -0.1) is 0 Å². The van der Waals surface area contributed by atoms with E-state index in [9.17, 15) is 4.79 Å². The van der Waals surface area contributed by atoms with E-state index in [1.165, 1.54) is 44.1 Å². The summed E-state index contributed by atoms with van der Waals surface area (Å²) in [6, 6.07) is 16.5. The van der Waals surface area contributed by atoms with Gasteiger partial charge in [0, 0.05) is 6.54 Å². The summed E-state index contributed by atoms with van der Waals surface area (Å²) in [5, 5.41) is 8.83. The second-order valence-corrected chi connectivity index (χ2v) is 9.17. The van der Waals surface area contributed by atoms with Gasteiger partial charge in [0.2, 0.25) is 0 Å². The first-order valence-corrected chi connectivity index (χ1v) is 11.5. The maximum atomic E-state index is 10.7. The molecule has 0 amide bonds. The van der Waals surface area contributed by atoms with Gasteiger partial charge in [0.05, 0.1) is 5.56 Å². The van der Waals surface area contributed by atoms with Crippen LogP contribution in [0.1, 0.15) is 77.4 Å². The van der Waals surface area contributed by atoms with Crippen LogP contribution in [0.2, 0.25) is 0 Å². The molecule has 0 unspecified atom stereocenters. The topological polar surface area (TPSA) is 66.6 Å². The number of nitrogens with zero attached hydrogens (tertiary/aromatic N) is 1. The first-order valence-electron chi connectivity index (χ1n) is 11.5. The van der Waals surface area contributed by atoms with E-state index in [0.717, 1.165) is 38.0 Å². The Morgan fingerprint density at radius 1 is 0.833 bits per heavy atom. The highest BCUT2D eigenvalue weighted by molar-refractivity contribution is 5.87. The number of piperidine rings is 1. The molecule has 160 valence electrons. The molecule has 1 heterocycles. The Labute approximate surface area is 180 Å². The summed E-state index contributed by atoms with van der Waals surface area (Å²) in [6.45, 7) is 3.86. The summed E-state index contributed by atoms with van der Waals surface area (Å²) in [5.74, 6) is 1.64. The lowest BCUT2D eigenvalue weighted by Gasteiger charge is -2.31. The van der Waals surface area contributed by atoms with Crippen LogP contribution in [-0.2, 0) is 6.54 Å². The maximum Gasteiger partial charge on any atom is 0.335 e. The first kappa shape index (κ1) is 21.1. The largest absolute Gasteiger partial charge is 0.478 e. The van der Waals surface area contributed by atoms with Crippen LogP contribution in [0.3, 0.4) is 0 Å². The Morgan fingerprint density at radius 3 is 1.73 bits per heavy atom. The van der Waals surface area contributed by atoms with Crippen molar-refractivity contribution < 1.29 is 9.90 Å². The average Bonchev–Trinajstić information content (AvgIpc) is 3.68. The molecule has 30 heavy (non-hydrogen) atoms. The molecule has 0 radical (unpaired) electrons. The van der Waals surface area contributed by atoms with Gasteiger partial charge in [0.25, 0.3) is 0 Å². The third kappa shape index (κ3) is 5.93. The van der Waals surface area contributed by atoms with Gasteiger partial charge in [-0.1, -0.05) is 36.4 Å². The minimum Gasteiger partial charge on any atom is -0.478 e. The molecule has 3 fully saturated rings. The molecule has 0 bridgehead atoms. The third-order valence-electron chi connectivity index (χ3n) is 6.68. The monoisotopic (exact) mass is 406 g/mol. The first-order chi connectivity index (χ1) is 14.6. The molecular weight excluding hydrogens is 372 g/mol. The number of aromatic carboxylic acids is 1. The summed E-state index contributed by atoms with van der Waals surface area (Å²) < 4.78 is 0. The van der Waals surface area contributed by atoms with E-state index in [1.807, 2.05) is 12.1 Å². The molecular formula is C26H34N2O2. The minimum absolute atomic E-state index is 0.348. The summed E-state index contributed by atoms with van der Waals surface area (Å²) >= 11 is 0. The molecule has 0 spiro atoms. The number of nitrogens with two attached hydrogens (primary N) is 1. The van der Waals surface area contributed by atoms with Crippen molar-refractivity contribution in [3.05, 3.63) is 70.8 Å². The fourth-order valence-corrected chi connectivity index (χ4v) is 4.26. The lowest BCUT2D eigenvalue weighted by molar-refractivity contribution is 0.0697. The molecule has 2 aromatic rings. The number of carboxylic acid groups (broad SMARTS) is 1. The van der Waals surface area contributed by atoms with Crippen molar-refractivity contribution in [1.29, 1.82) is 0 Å². The molecule has 1 saturated heterocycles. The van der Waals surface area contributed by atoms with E-state index in [1.54, 1.807) is 23.3 Å².